The van der Waals surface area contributed by atoms with E-state index in [1.165, 1.54) is 11.3 Å². The van der Waals surface area contributed by atoms with E-state index in [9.17, 15) is 13.2 Å². The first kappa shape index (κ1) is 18.8. The fourth-order valence-corrected chi connectivity index (χ4v) is 3.51. The minimum atomic E-state index is -3.38. The summed E-state index contributed by atoms with van der Waals surface area (Å²) in [6, 6.07) is 12.0. The number of benzene rings is 1. The van der Waals surface area contributed by atoms with Gasteiger partial charge in [-0.1, -0.05) is 12.1 Å². The molecule has 0 saturated carbocycles. The van der Waals surface area contributed by atoms with Crippen LogP contribution in [-0.4, -0.2) is 30.5 Å². The smallest absolute Gasteiger partial charge is 0.230 e. The highest BCUT2D eigenvalue weighted by atomic mass is 32.2. The normalized spacial score (nSPS) is 11.0. The van der Waals surface area contributed by atoms with Crippen molar-refractivity contribution in [2.75, 3.05) is 21.6 Å². The van der Waals surface area contributed by atoms with Crippen molar-refractivity contribution in [3.8, 4) is 0 Å². The molecular formula is C17H17N5O3S2. The zero-order valence-corrected chi connectivity index (χ0v) is 16.0. The Labute approximate surface area is 160 Å². The van der Waals surface area contributed by atoms with Crippen LogP contribution in [0.1, 0.15) is 5.69 Å². The average molecular weight is 403 g/mol. The van der Waals surface area contributed by atoms with Crippen LogP contribution in [0.15, 0.2) is 54.0 Å². The number of rotatable bonds is 7. The molecule has 27 heavy (non-hydrogen) atoms. The van der Waals surface area contributed by atoms with E-state index in [0.717, 1.165) is 6.26 Å². The van der Waals surface area contributed by atoms with Crippen LogP contribution in [0.4, 0.5) is 22.3 Å². The van der Waals surface area contributed by atoms with E-state index < -0.39 is 10.0 Å². The number of carbonyl (C=O) groups excluding carboxylic acids is 1. The maximum absolute atomic E-state index is 12.2. The van der Waals surface area contributed by atoms with E-state index in [1.807, 2.05) is 18.2 Å². The van der Waals surface area contributed by atoms with E-state index in [-0.39, 0.29) is 12.3 Å². The second kappa shape index (κ2) is 8.14. The molecule has 0 fully saturated rings. The SMILES string of the molecule is CS(=O)(=O)Nc1cccc(NC(=O)Cc2csc(Nc3ccccn3)n2)c1. The standard InChI is InChI=1S/C17H17N5O3S2/c1-27(24,25)22-13-6-4-5-12(9-13)19-16(23)10-14-11-26-17(20-14)21-15-7-2-3-8-18-15/h2-9,11,22H,10H2,1H3,(H,19,23)(H,18,20,21). The largest absolute Gasteiger partial charge is 0.326 e. The van der Waals surface area contributed by atoms with Crippen LogP contribution in [0.3, 0.4) is 0 Å². The van der Waals surface area contributed by atoms with Gasteiger partial charge in [-0.3, -0.25) is 9.52 Å². The number of nitrogens with one attached hydrogen (secondary N) is 3. The summed E-state index contributed by atoms with van der Waals surface area (Å²) in [4.78, 5) is 20.8. The number of anilines is 4. The molecule has 2 heterocycles. The number of nitrogens with zero attached hydrogens (tertiary/aromatic N) is 2. The van der Waals surface area contributed by atoms with Crippen LogP contribution in [0, 0.1) is 0 Å². The lowest BCUT2D eigenvalue weighted by Crippen LogP contribution is -2.15. The van der Waals surface area contributed by atoms with Gasteiger partial charge in [-0.25, -0.2) is 18.4 Å². The van der Waals surface area contributed by atoms with Crippen molar-refractivity contribution in [2.24, 2.45) is 0 Å². The maximum atomic E-state index is 12.2. The van der Waals surface area contributed by atoms with Crippen molar-refractivity contribution in [1.82, 2.24) is 9.97 Å². The highest BCUT2D eigenvalue weighted by molar-refractivity contribution is 7.92. The second-order valence-corrected chi connectivity index (χ2v) is 8.27. The highest BCUT2D eigenvalue weighted by Crippen LogP contribution is 2.20. The number of sulfonamides is 1. The van der Waals surface area contributed by atoms with Crippen molar-refractivity contribution < 1.29 is 13.2 Å². The predicted octanol–water partition coefficient (Wildman–Crippen LogP) is 2.83. The molecule has 0 aliphatic heterocycles. The number of aromatic nitrogens is 2. The first-order valence-electron chi connectivity index (χ1n) is 7.87. The summed E-state index contributed by atoms with van der Waals surface area (Å²) in [5, 5.41) is 8.26. The van der Waals surface area contributed by atoms with Gasteiger partial charge >= 0.3 is 0 Å². The number of amides is 1. The van der Waals surface area contributed by atoms with Crippen molar-refractivity contribution in [3.63, 3.8) is 0 Å². The molecule has 0 bridgehead atoms. The van der Waals surface area contributed by atoms with Crippen LogP contribution in [0.5, 0.6) is 0 Å². The topological polar surface area (TPSA) is 113 Å². The van der Waals surface area contributed by atoms with Crippen LogP contribution >= 0.6 is 11.3 Å². The number of hydrogen-bond acceptors (Lipinski definition) is 7. The van der Waals surface area contributed by atoms with Gasteiger partial charge in [0.05, 0.1) is 24.1 Å². The van der Waals surface area contributed by atoms with E-state index in [4.69, 9.17) is 0 Å². The molecule has 0 radical (unpaired) electrons. The summed E-state index contributed by atoms with van der Waals surface area (Å²) in [6.45, 7) is 0. The molecule has 1 amide bonds. The van der Waals surface area contributed by atoms with Gasteiger partial charge in [-0.15, -0.1) is 11.3 Å². The maximum Gasteiger partial charge on any atom is 0.230 e. The van der Waals surface area contributed by atoms with E-state index >= 15 is 0 Å². The lowest BCUT2D eigenvalue weighted by Gasteiger charge is -2.08. The molecule has 3 N–H and O–H groups in total. The van der Waals surface area contributed by atoms with Gasteiger partial charge < -0.3 is 10.6 Å². The number of hydrogen-bond donors (Lipinski definition) is 3. The van der Waals surface area contributed by atoms with Crippen LogP contribution in [0.2, 0.25) is 0 Å². The molecule has 0 atom stereocenters. The third-order valence-corrected chi connectivity index (χ3v) is 4.66. The van der Waals surface area contributed by atoms with Gasteiger partial charge in [0.1, 0.15) is 5.82 Å². The van der Waals surface area contributed by atoms with Gasteiger partial charge in [0.15, 0.2) is 5.13 Å². The predicted molar refractivity (Wildman–Crippen MR) is 107 cm³/mol. The summed E-state index contributed by atoms with van der Waals surface area (Å²) < 4.78 is 25.0. The quantitative estimate of drug-likeness (QED) is 0.559. The first-order chi connectivity index (χ1) is 12.9. The van der Waals surface area contributed by atoms with Crippen molar-refractivity contribution >= 4 is 49.6 Å². The van der Waals surface area contributed by atoms with Gasteiger partial charge in [-0.05, 0) is 30.3 Å². The monoisotopic (exact) mass is 403 g/mol. The van der Waals surface area contributed by atoms with E-state index in [2.05, 4.69) is 25.3 Å². The molecule has 8 nitrogen and oxygen atoms in total. The van der Waals surface area contributed by atoms with Gasteiger partial charge in [-0.2, -0.15) is 0 Å². The zero-order chi connectivity index (χ0) is 19.3. The third kappa shape index (κ3) is 6.04. The molecule has 0 aliphatic carbocycles. The molecule has 0 saturated heterocycles. The Morgan fingerprint density at radius 2 is 1.96 bits per heavy atom. The summed E-state index contributed by atoms with van der Waals surface area (Å²) in [6.07, 6.45) is 2.85. The Morgan fingerprint density at radius 3 is 2.70 bits per heavy atom. The minimum Gasteiger partial charge on any atom is -0.326 e. The molecule has 3 rings (SSSR count). The molecule has 140 valence electrons. The number of carbonyl (C=O) groups is 1. The molecule has 10 heteroatoms. The number of pyridine rings is 1. The fraction of sp³-hybridized carbons (Fsp3) is 0.118. The van der Waals surface area contributed by atoms with Gasteiger partial charge in [0.2, 0.25) is 15.9 Å². The van der Waals surface area contributed by atoms with E-state index in [0.29, 0.717) is 28.0 Å². The van der Waals surface area contributed by atoms with Gasteiger partial charge in [0, 0.05) is 17.3 Å². The summed E-state index contributed by atoms with van der Waals surface area (Å²) in [7, 11) is -3.38. The Hall–Kier alpha value is -2.98. The number of thiazole rings is 1. The molecule has 1 aromatic carbocycles. The van der Waals surface area contributed by atoms with E-state index in [1.54, 1.807) is 35.8 Å². The third-order valence-electron chi connectivity index (χ3n) is 3.24. The molecule has 3 aromatic rings. The Balaban J connectivity index is 1.59. The van der Waals surface area contributed by atoms with Crippen LogP contribution < -0.4 is 15.4 Å². The summed E-state index contributed by atoms with van der Waals surface area (Å²) in [5.74, 6) is 0.430. The summed E-state index contributed by atoms with van der Waals surface area (Å²) >= 11 is 1.38. The summed E-state index contributed by atoms with van der Waals surface area (Å²) in [5.41, 5.74) is 1.50. The molecular weight excluding hydrogens is 386 g/mol. The first-order valence-corrected chi connectivity index (χ1v) is 10.6. The van der Waals surface area contributed by atoms with Crippen LogP contribution in [-0.2, 0) is 21.2 Å². The lowest BCUT2D eigenvalue weighted by atomic mass is 10.2. The Kier molecular flexibility index (Phi) is 5.67. The highest BCUT2D eigenvalue weighted by Gasteiger charge is 2.10. The lowest BCUT2D eigenvalue weighted by molar-refractivity contribution is -0.115. The molecule has 0 spiro atoms. The fourth-order valence-electron chi connectivity index (χ4n) is 2.24. The van der Waals surface area contributed by atoms with Crippen molar-refractivity contribution in [3.05, 3.63) is 59.7 Å². The Bertz CT molecular complexity index is 1040. The second-order valence-electron chi connectivity index (χ2n) is 5.66. The van der Waals surface area contributed by atoms with Crippen molar-refractivity contribution in [2.45, 2.75) is 6.42 Å². The zero-order valence-electron chi connectivity index (χ0n) is 14.3. The average Bonchev–Trinajstić information content (AvgIpc) is 3.01. The molecule has 0 unspecified atom stereocenters. The van der Waals surface area contributed by atoms with Gasteiger partial charge in [0.25, 0.3) is 0 Å². The van der Waals surface area contributed by atoms with Crippen LogP contribution in [0.25, 0.3) is 0 Å². The molecule has 0 aliphatic rings. The Morgan fingerprint density at radius 1 is 1.15 bits per heavy atom. The minimum absolute atomic E-state index is 0.101. The molecule has 2 aromatic heterocycles. The van der Waals surface area contributed by atoms with Crippen molar-refractivity contribution in [1.29, 1.82) is 0 Å².